The maximum Gasteiger partial charge on any atom is 0.280 e. The first-order valence-electron chi connectivity index (χ1n) is 11.1. The number of aromatic nitrogens is 2. The molecule has 0 aliphatic carbocycles. The minimum atomic E-state index is -0.494. The number of aromatic amines is 2. The van der Waals surface area contributed by atoms with E-state index < -0.39 is 17.4 Å². The van der Waals surface area contributed by atoms with E-state index in [1.165, 1.54) is 12.1 Å². The molecule has 0 radical (unpaired) electrons. The molecular weight excluding hydrogens is 400 g/mol. The third-order valence-corrected chi connectivity index (χ3v) is 5.86. The Morgan fingerprint density at radius 3 is 1.65 bits per heavy atom. The molecule has 0 saturated heterocycles. The zero-order valence-electron chi connectivity index (χ0n) is 19.4. The van der Waals surface area contributed by atoms with Gasteiger partial charge in [-0.2, -0.15) is 10.3 Å². The van der Waals surface area contributed by atoms with Crippen LogP contribution in [-0.4, -0.2) is 32.7 Å². The second kappa shape index (κ2) is 10.5. The van der Waals surface area contributed by atoms with Gasteiger partial charge in [0.05, 0.1) is 18.1 Å². The maximum atomic E-state index is 11.6. The Kier molecular flexibility index (Phi) is 8.54. The van der Waals surface area contributed by atoms with Crippen LogP contribution in [0.25, 0.3) is 0 Å². The molecule has 0 bridgehead atoms. The van der Waals surface area contributed by atoms with Crippen LogP contribution in [0.1, 0.15) is 97.0 Å². The van der Waals surface area contributed by atoms with Crippen molar-refractivity contribution in [1.29, 1.82) is 0 Å². The molecule has 0 saturated carbocycles. The molecule has 4 N–H and O–H groups in total. The largest absolute Gasteiger partial charge is 0.393 e. The summed E-state index contributed by atoms with van der Waals surface area (Å²) in [5, 5.41) is 25.2. The third kappa shape index (κ3) is 8.18. The highest BCUT2D eigenvalue weighted by molar-refractivity contribution is 5.20. The Balaban J connectivity index is 1.91. The summed E-state index contributed by atoms with van der Waals surface area (Å²) in [7, 11) is 0. The highest BCUT2D eigenvalue weighted by atomic mass is 16.5. The van der Waals surface area contributed by atoms with Crippen molar-refractivity contribution in [3.05, 3.63) is 44.4 Å². The summed E-state index contributed by atoms with van der Waals surface area (Å²) in [6.07, 6.45) is 4.14. The first-order chi connectivity index (χ1) is 14.4. The smallest absolute Gasteiger partial charge is 0.280 e. The lowest BCUT2D eigenvalue weighted by molar-refractivity contribution is 0.103. The number of aliphatic hydroxyl groups is 2. The average molecular weight is 439 g/mol. The normalized spacial score (nSPS) is 14.8. The maximum absolute atomic E-state index is 11.6. The number of hydrogen-bond donors (Lipinski definition) is 4. The SMILES string of the molecule is CC(C)(C)CCC(O)CCCC(O)CCC(C)(C)C(c1cc(=O)[nH]o1)c1cc(=O)[nH]o1. The molecule has 8 heteroatoms. The van der Waals surface area contributed by atoms with Gasteiger partial charge >= 0.3 is 0 Å². The van der Waals surface area contributed by atoms with Crippen molar-refractivity contribution >= 4 is 0 Å². The topological polar surface area (TPSA) is 132 Å². The fourth-order valence-electron chi connectivity index (χ4n) is 3.95. The Bertz CT molecular complexity index is 850. The minimum absolute atomic E-state index is 0.208. The van der Waals surface area contributed by atoms with Crippen LogP contribution in [0.3, 0.4) is 0 Å². The molecule has 0 spiro atoms. The molecule has 2 aromatic heterocycles. The summed E-state index contributed by atoms with van der Waals surface area (Å²) in [5.74, 6) is 0.306. The molecular formula is C23H38N2O6. The number of rotatable bonds is 12. The van der Waals surface area contributed by atoms with E-state index in [0.717, 1.165) is 19.3 Å². The van der Waals surface area contributed by atoms with Crippen molar-refractivity contribution in [1.82, 2.24) is 10.3 Å². The summed E-state index contributed by atoms with van der Waals surface area (Å²) in [6.45, 7) is 10.5. The van der Waals surface area contributed by atoms with Crippen LogP contribution in [0.4, 0.5) is 0 Å². The molecule has 2 heterocycles. The van der Waals surface area contributed by atoms with E-state index >= 15 is 0 Å². The predicted molar refractivity (Wildman–Crippen MR) is 118 cm³/mol. The van der Waals surface area contributed by atoms with Gasteiger partial charge in [-0.05, 0) is 55.8 Å². The van der Waals surface area contributed by atoms with E-state index in [2.05, 4.69) is 31.1 Å². The molecule has 0 aliphatic rings. The summed E-state index contributed by atoms with van der Waals surface area (Å²) in [4.78, 5) is 23.2. The molecule has 0 amide bonds. The fourth-order valence-corrected chi connectivity index (χ4v) is 3.95. The van der Waals surface area contributed by atoms with Gasteiger partial charge in [-0.3, -0.25) is 9.59 Å². The lowest BCUT2D eigenvalue weighted by atomic mass is 9.72. The second-order valence-corrected chi connectivity index (χ2v) is 10.5. The molecule has 31 heavy (non-hydrogen) atoms. The highest BCUT2D eigenvalue weighted by Gasteiger charge is 2.38. The van der Waals surface area contributed by atoms with Gasteiger partial charge in [0.25, 0.3) is 11.1 Å². The van der Waals surface area contributed by atoms with Crippen LogP contribution in [0.5, 0.6) is 0 Å². The first-order valence-corrected chi connectivity index (χ1v) is 11.1. The molecule has 176 valence electrons. The first kappa shape index (κ1) is 25.2. The van der Waals surface area contributed by atoms with Gasteiger partial charge in [0, 0.05) is 12.1 Å². The number of hydrogen-bond acceptors (Lipinski definition) is 6. The van der Waals surface area contributed by atoms with Crippen molar-refractivity contribution in [2.75, 3.05) is 0 Å². The van der Waals surface area contributed by atoms with E-state index in [0.29, 0.717) is 37.2 Å². The molecule has 0 aliphatic heterocycles. The van der Waals surface area contributed by atoms with Crippen LogP contribution in [0.15, 0.2) is 30.8 Å². The van der Waals surface area contributed by atoms with E-state index in [4.69, 9.17) is 9.05 Å². The Morgan fingerprint density at radius 2 is 1.26 bits per heavy atom. The predicted octanol–water partition coefficient (Wildman–Crippen LogP) is 3.91. The molecule has 0 fully saturated rings. The van der Waals surface area contributed by atoms with E-state index in [-0.39, 0.29) is 22.6 Å². The zero-order chi connectivity index (χ0) is 23.2. The van der Waals surface area contributed by atoms with Crippen LogP contribution < -0.4 is 11.1 Å². The fraction of sp³-hybridized carbons (Fsp3) is 0.739. The zero-order valence-corrected chi connectivity index (χ0v) is 19.4. The average Bonchev–Trinajstić information content (AvgIpc) is 3.26. The third-order valence-electron chi connectivity index (χ3n) is 5.86. The molecule has 2 unspecified atom stereocenters. The molecule has 0 aromatic carbocycles. The van der Waals surface area contributed by atoms with Crippen LogP contribution >= 0.6 is 0 Å². The molecule has 2 atom stereocenters. The van der Waals surface area contributed by atoms with Gasteiger partial charge in [0.2, 0.25) is 0 Å². The Labute approximate surface area is 183 Å². The van der Waals surface area contributed by atoms with E-state index in [1.807, 2.05) is 13.8 Å². The Morgan fingerprint density at radius 1 is 0.806 bits per heavy atom. The molecule has 8 nitrogen and oxygen atoms in total. The van der Waals surface area contributed by atoms with Crippen molar-refractivity contribution in [2.45, 2.75) is 97.7 Å². The van der Waals surface area contributed by atoms with Crippen molar-refractivity contribution in [2.24, 2.45) is 10.8 Å². The van der Waals surface area contributed by atoms with Crippen LogP contribution in [0, 0.1) is 10.8 Å². The molecule has 2 rings (SSSR count). The van der Waals surface area contributed by atoms with Gasteiger partial charge in [-0.25, -0.2) is 0 Å². The number of nitrogens with one attached hydrogen (secondary N) is 2. The van der Waals surface area contributed by atoms with Crippen LogP contribution in [-0.2, 0) is 0 Å². The van der Waals surface area contributed by atoms with Crippen molar-refractivity contribution in [3.8, 4) is 0 Å². The summed E-state index contributed by atoms with van der Waals surface area (Å²) in [6, 6.07) is 2.71. The number of H-pyrrole nitrogens is 2. The van der Waals surface area contributed by atoms with E-state index in [9.17, 15) is 19.8 Å². The summed E-state index contributed by atoms with van der Waals surface area (Å²) < 4.78 is 10.6. The van der Waals surface area contributed by atoms with Gasteiger partial charge < -0.3 is 19.3 Å². The lowest BCUT2D eigenvalue weighted by Crippen LogP contribution is -2.25. The highest BCUT2D eigenvalue weighted by Crippen LogP contribution is 2.43. The van der Waals surface area contributed by atoms with E-state index in [1.54, 1.807) is 0 Å². The van der Waals surface area contributed by atoms with Gasteiger partial charge in [-0.15, -0.1) is 0 Å². The van der Waals surface area contributed by atoms with Gasteiger partial charge in [0.15, 0.2) is 0 Å². The Hall–Kier alpha value is -2.06. The van der Waals surface area contributed by atoms with Gasteiger partial charge in [-0.1, -0.05) is 34.6 Å². The quantitative estimate of drug-likeness (QED) is 0.397. The second-order valence-electron chi connectivity index (χ2n) is 10.5. The monoisotopic (exact) mass is 438 g/mol. The van der Waals surface area contributed by atoms with Gasteiger partial charge in [0.1, 0.15) is 11.5 Å². The lowest BCUT2D eigenvalue weighted by Gasteiger charge is -2.32. The standard InChI is InChI=1S/C23H38N2O6/c1-22(2,3)11-9-15(26)7-6-8-16(27)10-12-23(4,5)21(17-13-19(28)24-30-17)18-14-20(29)25-31-18/h13-16,21,26-27H,6-12H2,1-5H3,(H,24,28)(H,25,29). The summed E-state index contributed by atoms with van der Waals surface area (Å²) >= 11 is 0. The molecule has 2 aromatic rings. The summed E-state index contributed by atoms with van der Waals surface area (Å²) in [5.41, 5.74) is -0.971. The van der Waals surface area contributed by atoms with Crippen molar-refractivity contribution < 1.29 is 19.3 Å². The minimum Gasteiger partial charge on any atom is -0.393 e. The van der Waals surface area contributed by atoms with Crippen LogP contribution in [0.2, 0.25) is 0 Å². The number of aliphatic hydroxyl groups excluding tert-OH is 2. The van der Waals surface area contributed by atoms with Crippen molar-refractivity contribution in [3.63, 3.8) is 0 Å².